The number of nitrogens with one attached hydrogen (secondary N) is 1. The van der Waals surface area contributed by atoms with Gasteiger partial charge in [0, 0.05) is 29.5 Å². The van der Waals surface area contributed by atoms with Gasteiger partial charge < -0.3 is 5.32 Å². The zero-order valence-corrected chi connectivity index (χ0v) is 12.5. The third-order valence-electron chi connectivity index (χ3n) is 3.78. The van der Waals surface area contributed by atoms with Gasteiger partial charge in [0.1, 0.15) is 0 Å². The summed E-state index contributed by atoms with van der Waals surface area (Å²) in [4.78, 5) is 20.5. The third kappa shape index (κ3) is 3.92. The Morgan fingerprint density at radius 2 is 2.05 bits per heavy atom. The van der Waals surface area contributed by atoms with E-state index in [0.29, 0.717) is 23.4 Å². The van der Waals surface area contributed by atoms with Crippen LogP contribution in [0.5, 0.6) is 0 Å². The number of nitrogens with zero attached hydrogens (tertiary/aromatic N) is 2. The Labute approximate surface area is 126 Å². The highest BCUT2D eigenvalue weighted by molar-refractivity contribution is 7.99. The van der Waals surface area contributed by atoms with Gasteiger partial charge in [-0.15, -0.1) is 0 Å². The molecule has 7 nitrogen and oxygen atoms in total. The topological polar surface area (TPSA) is 98.3 Å². The molecular weight excluding hydrogens is 294 g/mol. The molecule has 1 N–H and O–H groups in total. The average molecular weight is 311 g/mol. The van der Waals surface area contributed by atoms with Crippen LogP contribution in [0.25, 0.3) is 0 Å². The summed E-state index contributed by atoms with van der Waals surface area (Å²) in [6.07, 6.45) is 5.36. The van der Waals surface area contributed by atoms with Crippen molar-refractivity contribution in [3.8, 4) is 0 Å². The van der Waals surface area contributed by atoms with Gasteiger partial charge in [-0.1, -0.05) is 0 Å². The number of thioether (sulfide) groups is 1. The second-order valence-corrected chi connectivity index (χ2v) is 6.21. The van der Waals surface area contributed by atoms with Crippen LogP contribution in [-0.4, -0.2) is 27.4 Å². The van der Waals surface area contributed by atoms with Crippen molar-refractivity contribution in [3.05, 3.63) is 44.0 Å². The lowest BCUT2D eigenvalue weighted by atomic mass is 10.1. The fraction of sp³-hybridized carbons (Fsp3) is 0.538. The molecule has 1 aliphatic carbocycles. The van der Waals surface area contributed by atoms with E-state index in [2.05, 4.69) is 11.6 Å². The Morgan fingerprint density at radius 1 is 1.29 bits per heavy atom. The van der Waals surface area contributed by atoms with Crippen LogP contribution in [0, 0.1) is 20.2 Å². The van der Waals surface area contributed by atoms with Crippen LogP contribution in [0.2, 0.25) is 0 Å². The molecule has 1 aliphatic rings. The first-order chi connectivity index (χ1) is 10.0. The molecule has 0 bridgehead atoms. The van der Waals surface area contributed by atoms with Gasteiger partial charge in [0.25, 0.3) is 11.4 Å². The fourth-order valence-electron chi connectivity index (χ4n) is 2.58. The molecule has 1 saturated carbocycles. The zero-order chi connectivity index (χ0) is 15.4. The Bertz CT molecular complexity index is 552. The smallest absolute Gasteiger partial charge is 0.280 e. The normalized spacial score (nSPS) is 21.4. The Kier molecular flexibility index (Phi) is 5.13. The third-order valence-corrected chi connectivity index (χ3v) is 4.87. The van der Waals surface area contributed by atoms with Gasteiger partial charge in [-0.2, -0.15) is 11.8 Å². The Morgan fingerprint density at radius 3 is 2.62 bits per heavy atom. The Balaban J connectivity index is 2.06. The molecule has 8 heteroatoms. The predicted octanol–water partition coefficient (Wildman–Crippen LogP) is 2.88. The quantitative estimate of drug-likeness (QED) is 0.640. The molecule has 2 rings (SSSR count). The van der Waals surface area contributed by atoms with Crippen molar-refractivity contribution in [1.82, 2.24) is 5.32 Å². The summed E-state index contributed by atoms with van der Waals surface area (Å²) in [7, 11) is 0. The molecule has 21 heavy (non-hydrogen) atoms. The van der Waals surface area contributed by atoms with E-state index in [0.717, 1.165) is 25.3 Å². The molecule has 2 atom stereocenters. The molecule has 1 fully saturated rings. The summed E-state index contributed by atoms with van der Waals surface area (Å²) < 4.78 is 0. The van der Waals surface area contributed by atoms with Crippen LogP contribution >= 0.6 is 11.8 Å². The van der Waals surface area contributed by atoms with Crippen molar-refractivity contribution in [3.63, 3.8) is 0 Å². The molecule has 1 aromatic carbocycles. The first-order valence-electron chi connectivity index (χ1n) is 6.69. The second-order valence-electron chi connectivity index (χ2n) is 5.08. The largest absolute Gasteiger partial charge is 0.310 e. The van der Waals surface area contributed by atoms with E-state index in [9.17, 15) is 20.2 Å². The van der Waals surface area contributed by atoms with Crippen LogP contribution in [0.4, 0.5) is 11.4 Å². The summed E-state index contributed by atoms with van der Waals surface area (Å²) in [5.74, 6) is 0. The number of nitro benzene ring substituents is 2. The van der Waals surface area contributed by atoms with E-state index in [1.54, 1.807) is 0 Å². The predicted molar refractivity (Wildman–Crippen MR) is 81.5 cm³/mol. The summed E-state index contributed by atoms with van der Waals surface area (Å²) in [5.41, 5.74) is 0.0306. The van der Waals surface area contributed by atoms with Gasteiger partial charge in [-0.25, -0.2) is 0 Å². The minimum Gasteiger partial charge on any atom is -0.310 e. The van der Waals surface area contributed by atoms with Crippen molar-refractivity contribution in [2.75, 3.05) is 6.26 Å². The summed E-state index contributed by atoms with van der Waals surface area (Å²) >= 11 is 1.85. The summed E-state index contributed by atoms with van der Waals surface area (Å²) in [5, 5.41) is 25.7. The van der Waals surface area contributed by atoms with Gasteiger partial charge in [-0.3, -0.25) is 20.2 Å². The number of non-ortho nitro benzene ring substituents is 1. The lowest BCUT2D eigenvalue weighted by molar-refractivity contribution is -0.394. The number of benzene rings is 1. The van der Waals surface area contributed by atoms with Gasteiger partial charge in [-0.05, 0) is 31.6 Å². The van der Waals surface area contributed by atoms with Crippen LogP contribution in [0.15, 0.2) is 18.2 Å². The summed E-state index contributed by atoms with van der Waals surface area (Å²) in [6.45, 7) is 0.361. The van der Waals surface area contributed by atoms with Crippen molar-refractivity contribution < 1.29 is 9.85 Å². The first-order valence-corrected chi connectivity index (χ1v) is 7.98. The van der Waals surface area contributed by atoms with E-state index < -0.39 is 9.85 Å². The first kappa shape index (κ1) is 15.7. The molecule has 0 amide bonds. The van der Waals surface area contributed by atoms with E-state index in [-0.39, 0.29) is 11.4 Å². The SMILES string of the molecule is CSC1CCC(NCc2ccc([N+](=O)[O-])cc2[N+](=O)[O-])C1. The molecule has 0 aliphatic heterocycles. The minimum atomic E-state index is -0.621. The van der Waals surface area contributed by atoms with Gasteiger partial charge in [0.15, 0.2) is 0 Å². The molecule has 2 unspecified atom stereocenters. The van der Waals surface area contributed by atoms with Gasteiger partial charge in [0.2, 0.25) is 0 Å². The molecule has 0 aromatic heterocycles. The lowest BCUT2D eigenvalue weighted by Crippen LogP contribution is -2.26. The van der Waals surface area contributed by atoms with Gasteiger partial charge >= 0.3 is 0 Å². The highest BCUT2D eigenvalue weighted by atomic mass is 32.2. The maximum absolute atomic E-state index is 11.0. The highest BCUT2D eigenvalue weighted by Crippen LogP contribution is 2.29. The van der Waals surface area contributed by atoms with Crippen LogP contribution in [0.1, 0.15) is 24.8 Å². The number of hydrogen-bond donors (Lipinski definition) is 1. The standard InChI is InChI=1S/C13H17N3O4S/c1-21-12-5-3-10(6-12)14-8-9-2-4-11(15(17)18)7-13(9)16(19)20/h2,4,7,10,12,14H,3,5-6,8H2,1H3. The maximum Gasteiger partial charge on any atom is 0.280 e. The Hall–Kier alpha value is -1.67. The van der Waals surface area contributed by atoms with Crippen LogP contribution in [-0.2, 0) is 6.54 Å². The molecule has 0 radical (unpaired) electrons. The monoisotopic (exact) mass is 311 g/mol. The number of rotatable bonds is 6. The molecular formula is C13H17N3O4S. The minimum absolute atomic E-state index is 0.198. The molecule has 114 valence electrons. The van der Waals surface area contributed by atoms with Crippen LogP contribution in [0.3, 0.4) is 0 Å². The molecule has 0 heterocycles. The van der Waals surface area contributed by atoms with Crippen LogP contribution < -0.4 is 5.32 Å². The number of hydrogen-bond acceptors (Lipinski definition) is 6. The maximum atomic E-state index is 11.0. The van der Waals surface area contributed by atoms with Gasteiger partial charge in [0.05, 0.1) is 15.9 Å². The second kappa shape index (κ2) is 6.86. The average Bonchev–Trinajstić information content (AvgIpc) is 2.92. The van der Waals surface area contributed by atoms with E-state index in [1.807, 2.05) is 11.8 Å². The van der Waals surface area contributed by atoms with E-state index >= 15 is 0 Å². The van der Waals surface area contributed by atoms with Crippen molar-refractivity contribution in [2.45, 2.75) is 37.1 Å². The highest BCUT2D eigenvalue weighted by Gasteiger charge is 2.25. The van der Waals surface area contributed by atoms with Crippen molar-refractivity contribution >= 4 is 23.1 Å². The number of nitro groups is 2. The van der Waals surface area contributed by atoms with Crippen molar-refractivity contribution in [2.24, 2.45) is 0 Å². The molecule has 1 aromatic rings. The summed E-state index contributed by atoms with van der Waals surface area (Å²) in [6, 6.07) is 4.15. The lowest BCUT2D eigenvalue weighted by Gasteiger charge is -2.12. The van der Waals surface area contributed by atoms with E-state index in [1.165, 1.54) is 12.1 Å². The van der Waals surface area contributed by atoms with Crippen molar-refractivity contribution in [1.29, 1.82) is 0 Å². The van der Waals surface area contributed by atoms with E-state index in [4.69, 9.17) is 0 Å². The molecule has 0 spiro atoms. The molecule has 0 saturated heterocycles. The zero-order valence-electron chi connectivity index (χ0n) is 11.7. The fourth-order valence-corrected chi connectivity index (χ4v) is 3.38.